The molecule has 0 bridgehead atoms. The summed E-state index contributed by atoms with van der Waals surface area (Å²) in [6.07, 6.45) is 11.9. The quantitative estimate of drug-likeness (QED) is 0.167. The smallest absolute Gasteiger partial charge is 0.338 e. The van der Waals surface area contributed by atoms with E-state index in [9.17, 15) is 14.4 Å². The molecule has 0 spiro atoms. The van der Waals surface area contributed by atoms with Gasteiger partial charge in [-0.1, -0.05) is 97.1 Å². The zero-order chi connectivity index (χ0) is 24.0. The number of anilines is 1. The predicted molar refractivity (Wildman–Crippen MR) is 131 cm³/mol. The molecule has 0 fully saturated rings. The second-order valence-electron chi connectivity index (χ2n) is 9.41. The van der Waals surface area contributed by atoms with E-state index >= 15 is 0 Å². The van der Waals surface area contributed by atoms with E-state index in [0.29, 0.717) is 22.9 Å². The van der Waals surface area contributed by atoms with Crippen molar-refractivity contribution in [3.63, 3.8) is 0 Å². The van der Waals surface area contributed by atoms with E-state index in [-0.39, 0.29) is 12.2 Å². The molecular formula is C26H40ClNO4. The largest absolute Gasteiger partial charge is 0.462 e. The Morgan fingerprint density at radius 3 is 2.03 bits per heavy atom. The number of amides is 1. The standard InChI is InChI=1S/C26H40ClNO4/c1-5-6-7-8-9-10-11-12-13-14-17-32-25(31)20-15-16-21(27)22(18-20)28-24(30)19-23(29)26(2,3)4/h15-16,18H,5-14,17,19H2,1-4H3,(H,28,30). The summed E-state index contributed by atoms with van der Waals surface area (Å²) in [4.78, 5) is 36.6. The van der Waals surface area contributed by atoms with Crippen molar-refractivity contribution < 1.29 is 19.1 Å². The lowest BCUT2D eigenvalue weighted by Crippen LogP contribution is -2.26. The van der Waals surface area contributed by atoms with Gasteiger partial charge in [0.15, 0.2) is 0 Å². The molecule has 0 aliphatic heterocycles. The Morgan fingerprint density at radius 1 is 0.906 bits per heavy atom. The lowest BCUT2D eigenvalue weighted by molar-refractivity contribution is -0.130. The first-order valence-corrected chi connectivity index (χ1v) is 12.3. The second kappa shape index (κ2) is 15.0. The van der Waals surface area contributed by atoms with Gasteiger partial charge in [0.2, 0.25) is 5.91 Å². The highest BCUT2D eigenvalue weighted by atomic mass is 35.5. The summed E-state index contributed by atoms with van der Waals surface area (Å²) in [5, 5.41) is 2.92. The fourth-order valence-corrected chi connectivity index (χ4v) is 3.36. The molecule has 0 saturated carbocycles. The molecule has 0 saturated heterocycles. The molecule has 1 aromatic carbocycles. The van der Waals surface area contributed by atoms with Gasteiger partial charge in [-0.3, -0.25) is 9.59 Å². The molecule has 180 valence electrons. The lowest BCUT2D eigenvalue weighted by Gasteiger charge is -2.16. The van der Waals surface area contributed by atoms with E-state index in [1.165, 1.54) is 51.0 Å². The first-order valence-electron chi connectivity index (χ1n) is 11.9. The van der Waals surface area contributed by atoms with Gasteiger partial charge in [0, 0.05) is 5.41 Å². The summed E-state index contributed by atoms with van der Waals surface area (Å²) in [5.41, 5.74) is 0.0206. The number of hydrogen-bond acceptors (Lipinski definition) is 4. The van der Waals surface area contributed by atoms with E-state index in [1.807, 2.05) is 0 Å². The maximum Gasteiger partial charge on any atom is 0.338 e. The van der Waals surface area contributed by atoms with Crippen LogP contribution in [0, 0.1) is 5.41 Å². The number of hydrogen-bond donors (Lipinski definition) is 1. The predicted octanol–water partition coefficient (Wildman–Crippen LogP) is 7.36. The molecule has 0 radical (unpaired) electrons. The maximum absolute atomic E-state index is 12.3. The summed E-state index contributed by atoms with van der Waals surface area (Å²) < 4.78 is 5.36. The summed E-state index contributed by atoms with van der Waals surface area (Å²) >= 11 is 6.14. The van der Waals surface area contributed by atoms with Crippen LogP contribution in [0.2, 0.25) is 5.02 Å². The van der Waals surface area contributed by atoms with E-state index in [0.717, 1.165) is 19.3 Å². The number of carbonyl (C=O) groups excluding carboxylic acids is 3. The molecule has 0 heterocycles. The van der Waals surface area contributed by atoms with Gasteiger partial charge < -0.3 is 10.1 Å². The Balaban J connectivity index is 2.35. The molecule has 0 aliphatic carbocycles. The highest BCUT2D eigenvalue weighted by Gasteiger charge is 2.24. The van der Waals surface area contributed by atoms with Gasteiger partial charge in [-0.25, -0.2) is 4.79 Å². The van der Waals surface area contributed by atoms with Crippen molar-refractivity contribution in [3.8, 4) is 0 Å². The fraction of sp³-hybridized carbons (Fsp3) is 0.654. The fourth-order valence-electron chi connectivity index (χ4n) is 3.19. The summed E-state index contributed by atoms with van der Waals surface area (Å²) in [6, 6.07) is 4.60. The van der Waals surface area contributed by atoms with Gasteiger partial charge in [-0.2, -0.15) is 0 Å². The third-order valence-corrected chi connectivity index (χ3v) is 5.69. The number of unbranched alkanes of at least 4 members (excludes halogenated alkanes) is 9. The third-order valence-electron chi connectivity index (χ3n) is 5.36. The SMILES string of the molecule is CCCCCCCCCCCCOC(=O)c1ccc(Cl)c(NC(=O)CC(=O)C(C)(C)C)c1. The first-order chi connectivity index (χ1) is 15.1. The number of carbonyl (C=O) groups is 3. The van der Waals surface area contributed by atoms with Crippen LogP contribution < -0.4 is 5.32 Å². The average molecular weight is 466 g/mol. The molecule has 1 N–H and O–H groups in total. The van der Waals surface area contributed by atoms with E-state index in [1.54, 1.807) is 32.9 Å². The van der Waals surface area contributed by atoms with E-state index in [2.05, 4.69) is 12.2 Å². The van der Waals surface area contributed by atoms with Crippen molar-refractivity contribution >= 4 is 34.9 Å². The first kappa shape index (κ1) is 28.2. The Labute approximate surface area is 198 Å². The van der Waals surface area contributed by atoms with Crippen molar-refractivity contribution in [1.82, 2.24) is 0 Å². The highest BCUT2D eigenvalue weighted by Crippen LogP contribution is 2.24. The number of benzene rings is 1. The average Bonchev–Trinajstić information content (AvgIpc) is 2.72. The van der Waals surface area contributed by atoms with Crippen molar-refractivity contribution in [2.24, 2.45) is 5.41 Å². The molecule has 0 atom stereocenters. The number of nitrogens with one attached hydrogen (secondary N) is 1. The monoisotopic (exact) mass is 465 g/mol. The zero-order valence-corrected chi connectivity index (χ0v) is 21.0. The van der Waals surface area contributed by atoms with Crippen LogP contribution in [0.3, 0.4) is 0 Å². The van der Waals surface area contributed by atoms with Gasteiger partial charge in [-0.05, 0) is 24.6 Å². The van der Waals surface area contributed by atoms with Crippen LogP contribution in [0.1, 0.15) is 109 Å². The second-order valence-corrected chi connectivity index (χ2v) is 9.82. The van der Waals surface area contributed by atoms with E-state index in [4.69, 9.17) is 16.3 Å². The van der Waals surface area contributed by atoms with Gasteiger partial charge in [0.05, 0.1) is 29.3 Å². The number of halogens is 1. The molecule has 0 aliphatic rings. The Bertz CT molecular complexity index is 740. The minimum absolute atomic E-state index is 0.168. The number of rotatable bonds is 15. The van der Waals surface area contributed by atoms with E-state index < -0.39 is 17.3 Å². The molecule has 6 heteroatoms. The molecule has 0 aromatic heterocycles. The summed E-state index contributed by atoms with van der Waals surface area (Å²) in [6.45, 7) is 7.90. The normalized spacial score (nSPS) is 11.3. The van der Waals surface area contributed by atoms with Crippen LogP contribution in [0.15, 0.2) is 18.2 Å². The molecule has 0 unspecified atom stereocenters. The van der Waals surface area contributed by atoms with Crippen molar-refractivity contribution in [3.05, 3.63) is 28.8 Å². The molecule has 1 aromatic rings. The maximum atomic E-state index is 12.3. The Kier molecular flexibility index (Phi) is 13.2. The summed E-state index contributed by atoms with van der Waals surface area (Å²) in [5.74, 6) is -1.07. The van der Waals surface area contributed by atoms with Crippen LogP contribution in [-0.4, -0.2) is 24.3 Å². The summed E-state index contributed by atoms with van der Waals surface area (Å²) in [7, 11) is 0. The Morgan fingerprint density at radius 2 is 1.47 bits per heavy atom. The van der Waals surface area contributed by atoms with Crippen molar-refractivity contribution in [1.29, 1.82) is 0 Å². The topological polar surface area (TPSA) is 72.5 Å². The number of ketones is 1. The molecule has 1 amide bonds. The van der Waals surface area contributed by atoms with Crippen LogP contribution in [0.25, 0.3) is 0 Å². The lowest BCUT2D eigenvalue weighted by atomic mass is 9.89. The number of esters is 1. The van der Waals surface area contributed by atoms with Crippen LogP contribution in [-0.2, 0) is 14.3 Å². The van der Waals surface area contributed by atoms with Crippen LogP contribution in [0.5, 0.6) is 0 Å². The number of Topliss-reactive ketones (excluding diaryl/α,β-unsaturated/α-hetero) is 1. The highest BCUT2D eigenvalue weighted by molar-refractivity contribution is 6.34. The van der Waals surface area contributed by atoms with Gasteiger partial charge in [0.1, 0.15) is 5.78 Å². The van der Waals surface area contributed by atoms with Crippen molar-refractivity contribution in [2.75, 3.05) is 11.9 Å². The van der Waals surface area contributed by atoms with Gasteiger partial charge >= 0.3 is 5.97 Å². The molecule has 5 nitrogen and oxygen atoms in total. The minimum atomic E-state index is -0.596. The van der Waals surface area contributed by atoms with Crippen molar-refractivity contribution in [2.45, 2.75) is 98.3 Å². The van der Waals surface area contributed by atoms with Gasteiger partial charge in [0.25, 0.3) is 0 Å². The Hall–Kier alpha value is -1.88. The minimum Gasteiger partial charge on any atom is -0.462 e. The molecular weight excluding hydrogens is 426 g/mol. The number of ether oxygens (including phenoxy) is 1. The third kappa shape index (κ3) is 11.7. The zero-order valence-electron chi connectivity index (χ0n) is 20.2. The van der Waals surface area contributed by atoms with Gasteiger partial charge in [-0.15, -0.1) is 0 Å². The molecule has 1 rings (SSSR count). The van der Waals surface area contributed by atoms with Crippen LogP contribution >= 0.6 is 11.6 Å². The molecule has 32 heavy (non-hydrogen) atoms. The van der Waals surface area contributed by atoms with Crippen LogP contribution in [0.4, 0.5) is 5.69 Å².